The standard InChI is InChI=1S/C14H23FN2O/c1-11(2)8-16-9-14(18)10-17(3)13-6-4-5-12(15)7-13/h4-7,11,14,16,18H,8-10H2,1-3H3. The number of rotatable bonds is 7. The molecule has 1 aromatic carbocycles. The lowest BCUT2D eigenvalue weighted by atomic mass is 10.2. The highest BCUT2D eigenvalue weighted by atomic mass is 19.1. The Morgan fingerprint density at radius 3 is 2.67 bits per heavy atom. The normalized spacial score (nSPS) is 12.8. The Bertz CT molecular complexity index is 357. The van der Waals surface area contributed by atoms with Gasteiger partial charge in [0.25, 0.3) is 0 Å². The van der Waals surface area contributed by atoms with E-state index in [1.165, 1.54) is 12.1 Å². The van der Waals surface area contributed by atoms with E-state index in [2.05, 4.69) is 19.2 Å². The van der Waals surface area contributed by atoms with E-state index in [0.717, 1.165) is 12.2 Å². The molecule has 0 radical (unpaired) electrons. The van der Waals surface area contributed by atoms with E-state index in [4.69, 9.17) is 0 Å². The predicted octanol–water partition coefficient (Wildman–Crippen LogP) is 1.87. The molecule has 0 heterocycles. The van der Waals surface area contributed by atoms with E-state index in [1.54, 1.807) is 6.07 Å². The maximum Gasteiger partial charge on any atom is 0.125 e. The zero-order chi connectivity index (χ0) is 13.5. The number of nitrogens with one attached hydrogen (secondary N) is 1. The lowest BCUT2D eigenvalue weighted by Gasteiger charge is -2.23. The molecule has 0 aromatic heterocycles. The maximum absolute atomic E-state index is 13.1. The Kier molecular flexibility index (Phi) is 6.09. The second kappa shape index (κ2) is 7.34. The van der Waals surface area contributed by atoms with Crippen molar-refractivity contribution in [1.82, 2.24) is 5.32 Å². The minimum absolute atomic E-state index is 0.258. The van der Waals surface area contributed by atoms with E-state index in [-0.39, 0.29) is 5.82 Å². The molecule has 4 heteroatoms. The summed E-state index contributed by atoms with van der Waals surface area (Å²) in [7, 11) is 1.85. The Morgan fingerprint density at radius 1 is 1.33 bits per heavy atom. The summed E-state index contributed by atoms with van der Waals surface area (Å²) in [6, 6.07) is 6.38. The molecule has 18 heavy (non-hydrogen) atoms. The third-order valence-corrected chi connectivity index (χ3v) is 2.67. The molecule has 0 amide bonds. The molecular weight excluding hydrogens is 231 g/mol. The number of halogens is 1. The van der Waals surface area contributed by atoms with Gasteiger partial charge in [-0.15, -0.1) is 0 Å². The third-order valence-electron chi connectivity index (χ3n) is 2.67. The van der Waals surface area contributed by atoms with Crippen LogP contribution in [0.4, 0.5) is 10.1 Å². The van der Waals surface area contributed by atoms with Crippen LogP contribution in [0.3, 0.4) is 0 Å². The number of hydrogen-bond acceptors (Lipinski definition) is 3. The number of benzene rings is 1. The summed E-state index contributed by atoms with van der Waals surface area (Å²) < 4.78 is 13.1. The van der Waals surface area contributed by atoms with Crippen molar-refractivity contribution in [2.24, 2.45) is 5.92 Å². The van der Waals surface area contributed by atoms with Crippen molar-refractivity contribution < 1.29 is 9.50 Å². The molecule has 1 aromatic rings. The van der Waals surface area contributed by atoms with Crippen LogP contribution in [0.15, 0.2) is 24.3 Å². The first-order valence-corrected chi connectivity index (χ1v) is 6.34. The highest BCUT2D eigenvalue weighted by Gasteiger charge is 2.09. The maximum atomic E-state index is 13.1. The highest BCUT2D eigenvalue weighted by Crippen LogP contribution is 2.13. The van der Waals surface area contributed by atoms with E-state index in [9.17, 15) is 9.50 Å². The SMILES string of the molecule is CC(C)CNCC(O)CN(C)c1cccc(F)c1. The number of aliphatic hydroxyl groups is 1. The Hall–Kier alpha value is -1.13. The van der Waals surface area contributed by atoms with Gasteiger partial charge in [-0.3, -0.25) is 0 Å². The van der Waals surface area contributed by atoms with Gasteiger partial charge in [-0.05, 0) is 30.7 Å². The number of anilines is 1. The molecule has 1 atom stereocenters. The molecule has 1 rings (SSSR count). The summed E-state index contributed by atoms with van der Waals surface area (Å²) >= 11 is 0. The smallest absolute Gasteiger partial charge is 0.125 e. The molecular formula is C14H23FN2O. The lowest BCUT2D eigenvalue weighted by molar-refractivity contribution is 0.177. The molecule has 1 unspecified atom stereocenters. The van der Waals surface area contributed by atoms with Crippen LogP contribution in [0, 0.1) is 11.7 Å². The van der Waals surface area contributed by atoms with Crippen molar-refractivity contribution in [1.29, 1.82) is 0 Å². The van der Waals surface area contributed by atoms with Crippen molar-refractivity contribution in [3.05, 3.63) is 30.1 Å². The highest BCUT2D eigenvalue weighted by molar-refractivity contribution is 5.45. The van der Waals surface area contributed by atoms with E-state index < -0.39 is 6.10 Å². The second-order valence-electron chi connectivity index (χ2n) is 5.07. The van der Waals surface area contributed by atoms with E-state index in [1.807, 2.05) is 18.0 Å². The molecule has 0 saturated heterocycles. The van der Waals surface area contributed by atoms with Gasteiger partial charge in [0.05, 0.1) is 6.10 Å². The summed E-state index contributed by atoms with van der Waals surface area (Å²) in [5, 5.41) is 13.1. The topological polar surface area (TPSA) is 35.5 Å². The fourth-order valence-corrected chi connectivity index (χ4v) is 1.74. The lowest BCUT2D eigenvalue weighted by Crippen LogP contribution is -2.37. The van der Waals surface area contributed by atoms with Crippen molar-refractivity contribution in [2.45, 2.75) is 20.0 Å². The molecule has 0 saturated carbocycles. The summed E-state index contributed by atoms with van der Waals surface area (Å²) in [5.41, 5.74) is 0.776. The van der Waals surface area contributed by atoms with Crippen molar-refractivity contribution >= 4 is 5.69 Å². The first kappa shape index (κ1) is 14.9. The average molecular weight is 254 g/mol. The number of hydrogen-bond donors (Lipinski definition) is 2. The zero-order valence-corrected chi connectivity index (χ0v) is 11.4. The van der Waals surface area contributed by atoms with Gasteiger partial charge in [-0.25, -0.2) is 4.39 Å². The molecule has 0 fully saturated rings. The molecule has 2 N–H and O–H groups in total. The second-order valence-corrected chi connectivity index (χ2v) is 5.07. The van der Waals surface area contributed by atoms with Crippen LogP contribution < -0.4 is 10.2 Å². The molecule has 0 aliphatic rings. The Morgan fingerprint density at radius 2 is 2.06 bits per heavy atom. The van der Waals surface area contributed by atoms with Crippen LogP contribution in [0.1, 0.15) is 13.8 Å². The Balaban J connectivity index is 2.37. The van der Waals surface area contributed by atoms with Crippen molar-refractivity contribution in [2.75, 3.05) is 31.6 Å². The first-order valence-electron chi connectivity index (χ1n) is 6.34. The number of likely N-dealkylation sites (N-methyl/N-ethyl adjacent to an activating group) is 1. The van der Waals surface area contributed by atoms with Gasteiger partial charge in [-0.1, -0.05) is 19.9 Å². The van der Waals surface area contributed by atoms with Gasteiger partial charge in [0, 0.05) is 25.8 Å². The Labute approximate surface area is 109 Å². The summed E-state index contributed by atoms with van der Waals surface area (Å²) in [6.07, 6.45) is -0.461. The zero-order valence-electron chi connectivity index (χ0n) is 11.4. The van der Waals surface area contributed by atoms with Crippen molar-refractivity contribution in [3.8, 4) is 0 Å². The molecule has 102 valence electrons. The summed E-state index contributed by atoms with van der Waals surface area (Å²) in [6.45, 7) is 6.17. The van der Waals surface area contributed by atoms with Crippen LogP contribution in [-0.4, -0.2) is 37.9 Å². The van der Waals surface area contributed by atoms with Crippen LogP contribution in [0.2, 0.25) is 0 Å². The minimum atomic E-state index is -0.461. The third kappa shape index (κ3) is 5.47. The first-order chi connectivity index (χ1) is 8.49. The quantitative estimate of drug-likeness (QED) is 0.779. The van der Waals surface area contributed by atoms with Gasteiger partial charge in [0.15, 0.2) is 0 Å². The molecule has 3 nitrogen and oxygen atoms in total. The largest absolute Gasteiger partial charge is 0.390 e. The van der Waals surface area contributed by atoms with Crippen LogP contribution in [0.5, 0.6) is 0 Å². The fourth-order valence-electron chi connectivity index (χ4n) is 1.74. The number of nitrogens with zero attached hydrogens (tertiary/aromatic N) is 1. The fraction of sp³-hybridized carbons (Fsp3) is 0.571. The average Bonchev–Trinajstić information content (AvgIpc) is 2.28. The van der Waals surface area contributed by atoms with Crippen molar-refractivity contribution in [3.63, 3.8) is 0 Å². The van der Waals surface area contributed by atoms with Crippen LogP contribution >= 0.6 is 0 Å². The number of aliphatic hydroxyl groups excluding tert-OH is 1. The summed E-state index contributed by atoms with van der Waals surface area (Å²) in [5.74, 6) is 0.310. The molecule has 0 bridgehead atoms. The van der Waals surface area contributed by atoms with Crippen LogP contribution in [-0.2, 0) is 0 Å². The van der Waals surface area contributed by atoms with Gasteiger partial charge in [-0.2, -0.15) is 0 Å². The van der Waals surface area contributed by atoms with Crippen LogP contribution in [0.25, 0.3) is 0 Å². The molecule has 0 spiro atoms. The van der Waals surface area contributed by atoms with E-state index >= 15 is 0 Å². The summed E-state index contributed by atoms with van der Waals surface area (Å²) in [4.78, 5) is 1.85. The minimum Gasteiger partial charge on any atom is -0.390 e. The van der Waals surface area contributed by atoms with Gasteiger partial charge < -0.3 is 15.3 Å². The monoisotopic (exact) mass is 254 g/mol. The molecule has 0 aliphatic carbocycles. The molecule has 0 aliphatic heterocycles. The predicted molar refractivity (Wildman–Crippen MR) is 73.4 cm³/mol. The van der Waals surface area contributed by atoms with E-state index in [0.29, 0.717) is 19.0 Å². The van der Waals surface area contributed by atoms with Gasteiger partial charge >= 0.3 is 0 Å². The van der Waals surface area contributed by atoms with Gasteiger partial charge in [0.1, 0.15) is 5.82 Å². The van der Waals surface area contributed by atoms with Gasteiger partial charge in [0.2, 0.25) is 0 Å².